The molecule has 6 nitrogen and oxygen atoms in total. The first-order chi connectivity index (χ1) is 36.0. The monoisotopic (exact) mass is 1010 g/mol. The molecule has 0 N–H and O–H groups in total. The van der Waals surface area contributed by atoms with Gasteiger partial charge in [0.15, 0.2) is 6.10 Å². The summed E-state index contributed by atoms with van der Waals surface area (Å²) in [5.74, 6) is -0.905. The van der Waals surface area contributed by atoms with Crippen LogP contribution in [0.5, 0.6) is 0 Å². The molecule has 6 heteroatoms. The van der Waals surface area contributed by atoms with Gasteiger partial charge in [0, 0.05) is 19.3 Å². The summed E-state index contributed by atoms with van der Waals surface area (Å²) in [5.41, 5.74) is 0. The zero-order chi connectivity index (χ0) is 52.9. The second-order valence-corrected chi connectivity index (χ2v) is 20.2. The minimum Gasteiger partial charge on any atom is -0.462 e. The van der Waals surface area contributed by atoms with Gasteiger partial charge in [0.25, 0.3) is 0 Å². The largest absolute Gasteiger partial charge is 0.462 e. The first-order valence-electron chi connectivity index (χ1n) is 30.7. The van der Waals surface area contributed by atoms with Crippen LogP contribution in [0.4, 0.5) is 0 Å². The van der Waals surface area contributed by atoms with Crippen LogP contribution in [0.2, 0.25) is 0 Å². The molecule has 0 spiro atoms. The lowest BCUT2D eigenvalue weighted by Crippen LogP contribution is -2.30. The number of hydrogen-bond donors (Lipinski definition) is 0. The number of esters is 3. The highest BCUT2D eigenvalue weighted by Gasteiger charge is 2.19. The molecule has 0 aromatic rings. The number of unbranched alkanes of at least 4 members (excludes halogenated alkanes) is 28. The molecule has 73 heavy (non-hydrogen) atoms. The summed E-state index contributed by atoms with van der Waals surface area (Å²) in [4.78, 5) is 38.3. The van der Waals surface area contributed by atoms with Gasteiger partial charge in [0.1, 0.15) is 13.2 Å². The Morgan fingerprint density at radius 1 is 0.288 bits per heavy atom. The van der Waals surface area contributed by atoms with Crippen LogP contribution in [0.15, 0.2) is 97.2 Å². The molecule has 1 unspecified atom stereocenters. The quantitative estimate of drug-likeness (QED) is 0.0261. The molecule has 0 aromatic carbocycles. The molecule has 0 aliphatic heterocycles. The Labute approximate surface area is 451 Å². The summed E-state index contributed by atoms with van der Waals surface area (Å²) < 4.78 is 16.9. The molecular formula is C67H114O6. The maximum absolute atomic E-state index is 12.9. The van der Waals surface area contributed by atoms with Crippen molar-refractivity contribution in [2.24, 2.45) is 0 Å². The van der Waals surface area contributed by atoms with E-state index in [2.05, 4.69) is 118 Å². The standard InChI is InChI=1S/C67H114O6/c1-4-7-10-13-16-19-22-25-28-31-33-36-39-42-45-48-51-54-57-60-66(69)72-63-64(62-71-65(68)59-56-53-50-47-44-41-38-35-30-27-24-21-18-15-12-9-6-3)73-67(70)61-58-55-52-49-46-43-40-37-34-32-29-26-23-20-17-14-11-8-5-2/h7-8,10-11,16-17,19-20,25-26,28-29,33-34,36-37,64H,4-6,9,12-15,18,21-24,27,30-32,35,38-63H2,1-3H3/b10-7-,11-8-,19-16-,20-17-,28-25-,29-26-,36-33-,37-34-. The molecule has 0 saturated carbocycles. The molecule has 0 fully saturated rings. The van der Waals surface area contributed by atoms with Crippen LogP contribution in [-0.4, -0.2) is 37.2 Å². The summed E-state index contributed by atoms with van der Waals surface area (Å²) in [6.07, 6.45) is 81.1. The van der Waals surface area contributed by atoms with E-state index in [0.717, 1.165) is 135 Å². The minimum atomic E-state index is -0.792. The predicted molar refractivity (Wildman–Crippen MR) is 316 cm³/mol. The Balaban J connectivity index is 4.43. The van der Waals surface area contributed by atoms with Crippen molar-refractivity contribution in [3.05, 3.63) is 97.2 Å². The van der Waals surface area contributed by atoms with Crippen molar-refractivity contribution in [1.82, 2.24) is 0 Å². The van der Waals surface area contributed by atoms with Gasteiger partial charge in [0.05, 0.1) is 0 Å². The third-order valence-corrected chi connectivity index (χ3v) is 13.1. The van der Waals surface area contributed by atoms with E-state index in [1.54, 1.807) is 0 Å². The summed E-state index contributed by atoms with van der Waals surface area (Å²) in [5, 5.41) is 0. The summed E-state index contributed by atoms with van der Waals surface area (Å²) in [7, 11) is 0. The van der Waals surface area contributed by atoms with Crippen LogP contribution < -0.4 is 0 Å². The van der Waals surface area contributed by atoms with E-state index in [1.165, 1.54) is 116 Å². The van der Waals surface area contributed by atoms with Crippen LogP contribution in [0.3, 0.4) is 0 Å². The molecule has 0 saturated heterocycles. The molecule has 418 valence electrons. The highest BCUT2D eigenvalue weighted by molar-refractivity contribution is 5.71. The van der Waals surface area contributed by atoms with E-state index >= 15 is 0 Å². The second kappa shape index (κ2) is 60.9. The van der Waals surface area contributed by atoms with E-state index in [9.17, 15) is 14.4 Å². The third-order valence-electron chi connectivity index (χ3n) is 13.1. The average Bonchev–Trinajstić information content (AvgIpc) is 3.39. The number of ether oxygens (including phenoxy) is 3. The summed E-state index contributed by atoms with van der Waals surface area (Å²) >= 11 is 0. The van der Waals surface area contributed by atoms with Crippen molar-refractivity contribution < 1.29 is 28.6 Å². The highest BCUT2D eigenvalue weighted by Crippen LogP contribution is 2.16. The maximum Gasteiger partial charge on any atom is 0.306 e. The van der Waals surface area contributed by atoms with Crippen molar-refractivity contribution in [2.45, 2.75) is 297 Å². The maximum atomic E-state index is 12.9. The van der Waals surface area contributed by atoms with Crippen LogP contribution in [0.1, 0.15) is 290 Å². The van der Waals surface area contributed by atoms with Gasteiger partial charge in [-0.15, -0.1) is 0 Å². The molecule has 0 amide bonds. The van der Waals surface area contributed by atoms with E-state index in [4.69, 9.17) is 14.2 Å². The van der Waals surface area contributed by atoms with Crippen molar-refractivity contribution in [1.29, 1.82) is 0 Å². The number of allylic oxidation sites excluding steroid dienone is 16. The lowest BCUT2D eigenvalue weighted by atomic mass is 10.0. The normalized spacial score (nSPS) is 12.8. The highest BCUT2D eigenvalue weighted by atomic mass is 16.6. The van der Waals surface area contributed by atoms with Crippen molar-refractivity contribution in [3.8, 4) is 0 Å². The minimum absolute atomic E-state index is 0.0863. The van der Waals surface area contributed by atoms with E-state index in [0.29, 0.717) is 19.3 Å². The lowest BCUT2D eigenvalue weighted by Gasteiger charge is -2.18. The van der Waals surface area contributed by atoms with Crippen LogP contribution >= 0.6 is 0 Å². The second-order valence-electron chi connectivity index (χ2n) is 20.2. The van der Waals surface area contributed by atoms with Crippen molar-refractivity contribution in [3.63, 3.8) is 0 Å². The van der Waals surface area contributed by atoms with Crippen molar-refractivity contribution >= 4 is 17.9 Å². The fraction of sp³-hybridized carbons (Fsp3) is 0.716. The Kier molecular flexibility index (Phi) is 57.8. The van der Waals surface area contributed by atoms with Gasteiger partial charge in [-0.25, -0.2) is 0 Å². The molecule has 0 aromatic heterocycles. The Hall–Kier alpha value is -3.67. The lowest BCUT2D eigenvalue weighted by molar-refractivity contribution is -0.167. The number of hydrogen-bond acceptors (Lipinski definition) is 6. The van der Waals surface area contributed by atoms with E-state index in [-0.39, 0.29) is 31.1 Å². The molecule has 0 bridgehead atoms. The predicted octanol–water partition coefficient (Wildman–Crippen LogP) is 20.9. The van der Waals surface area contributed by atoms with Crippen LogP contribution in [0, 0.1) is 0 Å². The average molecular weight is 1020 g/mol. The first kappa shape index (κ1) is 69.3. The molecule has 0 aliphatic rings. The van der Waals surface area contributed by atoms with Gasteiger partial charge < -0.3 is 14.2 Å². The smallest absolute Gasteiger partial charge is 0.306 e. The van der Waals surface area contributed by atoms with E-state index < -0.39 is 6.10 Å². The van der Waals surface area contributed by atoms with Gasteiger partial charge in [-0.2, -0.15) is 0 Å². The molecular weight excluding hydrogens is 901 g/mol. The summed E-state index contributed by atoms with van der Waals surface area (Å²) in [6, 6.07) is 0. The number of carbonyl (C=O) groups is 3. The zero-order valence-electron chi connectivity index (χ0n) is 47.9. The Bertz CT molecular complexity index is 1440. The fourth-order valence-corrected chi connectivity index (χ4v) is 8.54. The van der Waals surface area contributed by atoms with E-state index in [1.807, 2.05) is 0 Å². The SMILES string of the molecule is CC/C=C\C/C=C\C/C=C\C/C=C\CCCCCCCCC(=O)OCC(COC(=O)CCCCCCCCCCCCCCCCCCC)OC(=O)CCCCCCCC/C=C\C/C=C\C/C=C\C/C=C\CC. The molecule has 0 heterocycles. The van der Waals surface area contributed by atoms with Gasteiger partial charge >= 0.3 is 17.9 Å². The zero-order valence-corrected chi connectivity index (χ0v) is 47.9. The topological polar surface area (TPSA) is 78.9 Å². The van der Waals surface area contributed by atoms with Gasteiger partial charge in [-0.3, -0.25) is 14.4 Å². The number of rotatable bonds is 55. The molecule has 1 atom stereocenters. The van der Waals surface area contributed by atoms with Crippen LogP contribution in [0.25, 0.3) is 0 Å². The Morgan fingerprint density at radius 2 is 0.534 bits per heavy atom. The van der Waals surface area contributed by atoms with Gasteiger partial charge in [-0.1, -0.05) is 272 Å². The van der Waals surface area contributed by atoms with Gasteiger partial charge in [0.2, 0.25) is 0 Å². The third kappa shape index (κ3) is 59.1. The fourth-order valence-electron chi connectivity index (χ4n) is 8.54. The van der Waals surface area contributed by atoms with Crippen molar-refractivity contribution in [2.75, 3.05) is 13.2 Å². The number of carbonyl (C=O) groups excluding carboxylic acids is 3. The van der Waals surface area contributed by atoms with Crippen LogP contribution in [-0.2, 0) is 28.6 Å². The summed E-state index contributed by atoms with van der Waals surface area (Å²) in [6.45, 7) is 6.42. The molecule has 0 aliphatic carbocycles. The molecule has 0 radical (unpaired) electrons. The Morgan fingerprint density at radius 3 is 0.836 bits per heavy atom. The molecule has 0 rings (SSSR count). The first-order valence-corrected chi connectivity index (χ1v) is 30.7. The van der Waals surface area contributed by atoms with Gasteiger partial charge in [-0.05, 0) is 96.3 Å².